The van der Waals surface area contributed by atoms with E-state index in [-0.39, 0.29) is 11.3 Å². The Hall–Kier alpha value is -1.27. The van der Waals surface area contributed by atoms with Gasteiger partial charge in [-0.25, -0.2) is 4.79 Å². The van der Waals surface area contributed by atoms with Crippen LogP contribution in [0.15, 0.2) is 0 Å². The number of nitrogens with zero attached hydrogens (tertiary/aromatic N) is 1. The van der Waals surface area contributed by atoms with Gasteiger partial charge in [-0.05, 0) is 6.42 Å². The average Bonchev–Trinajstić information content (AvgIpc) is 2.01. The molecular weight excluding hydrogens is 203 g/mol. The molecule has 0 aromatic heterocycles. The van der Waals surface area contributed by atoms with Crippen molar-refractivity contribution in [1.82, 2.24) is 4.90 Å². The maximum atomic E-state index is 11.9. The molecule has 0 aliphatic rings. The first-order valence-corrected chi connectivity index (χ1v) is 3.78. The van der Waals surface area contributed by atoms with Gasteiger partial charge in [0.05, 0.1) is 0 Å². The van der Waals surface area contributed by atoms with E-state index in [9.17, 15) is 22.8 Å². The molecule has 7 heteroatoms. The number of alkyl halides is 3. The highest BCUT2D eigenvalue weighted by molar-refractivity contribution is 5.86. The van der Waals surface area contributed by atoms with Gasteiger partial charge in [0.15, 0.2) is 0 Å². The second-order valence-electron chi connectivity index (χ2n) is 2.68. The van der Waals surface area contributed by atoms with E-state index in [1.807, 2.05) is 0 Å². The van der Waals surface area contributed by atoms with Gasteiger partial charge in [0.25, 0.3) is 0 Å². The van der Waals surface area contributed by atoms with Crippen molar-refractivity contribution in [2.45, 2.75) is 25.6 Å². The fourth-order valence-corrected chi connectivity index (χ4v) is 0.956. The Labute approximate surface area is 78.3 Å². The van der Waals surface area contributed by atoms with Crippen molar-refractivity contribution < 1.29 is 27.9 Å². The Morgan fingerprint density at radius 1 is 1.43 bits per heavy atom. The third-order valence-corrected chi connectivity index (χ3v) is 1.70. The zero-order chi connectivity index (χ0) is 11.5. The first kappa shape index (κ1) is 12.7. The summed E-state index contributed by atoms with van der Waals surface area (Å²) in [6.07, 6.45) is -5.11. The average molecular weight is 213 g/mol. The van der Waals surface area contributed by atoms with Crippen LogP contribution >= 0.6 is 0 Å². The van der Waals surface area contributed by atoms with Crippen molar-refractivity contribution in [3.05, 3.63) is 0 Å². The van der Waals surface area contributed by atoms with E-state index in [1.54, 1.807) is 0 Å². The van der Waals surface area contributed by atoms with E-state index in [0.29, 0.717) is 0 Å². The largest absolute Gasteiger partial charge is 0.480 e. The minimum atomic E-state index is -5.03. The molecule has 82 valence electrons. The quantitative estimate of drug-likeness (QED) is 0.756. The summed E-state index contributed by atoms with van der Waals surface area (Å²) >= 11 is 0. The molecule has 0 spiro atoms. The smallest absolute Gasteiger partial charge is 0.471 e. The van der Waals surface area contributed by atoms with Crippen LogP contribution in [0, 0.1) is 0 Å². The van der Waals surface area contributed by atoms with Crippen molar-refractivity contribution in [1.29, 1.82) is 0 Å². The third-order valence-electron chi connectivity index (χ3n) is 1.70. The number of carboxylic acids is 1. The molecule has 1 N–H and O–H groups in total. The van der Waals surface area contributed by atoms with Crippen molar-refractivity contribution in [2.75, 3.05) is 7.05 Å². The number of carboxylic acid groups (broad SMARTS) is 1. The molecule has 0 radical (unpaired) electrons. The normalized spacial score (nSPS) is 13.5. The summed E-state index contributed by atoms with van der Waals surface area (Å²) < 4.78 is 35.6. The molecule has 1 atom stereocenters. The van der Waals surface area contributed by atoms with Crippen LogP contribution in [0.5, 0.6) is 0 Å². The Bertz CT molecular complexity index is 239. The highest BCUT2D eigenvalue weighted by atomic mass is 19.4. The Kier molecular flexibility index (Phi) is 3.91. The van der Waals surface area contributed by atoms with Crippen LogP contribution in [0.1, 0.15) is 13.3 Å². The highest BCUT2D eigenvalue weighted by Gasteiger charge is 2.44. The number of hydrogen-bond acceptors (Lipinski definition) is 2. The van der Waals surface area contributed by atoms with Crippen molar-refractivity contribution in [3.8, 4) is 0 Å². The lowest BCUT2D eigenvalue weighted by molar-refractivity contribution is -0.188. The molecule has 0 aliphatic heterocycles. The maximum Gasteiger partial charge on any atom is 0.471 e. The van der Waals surface area contributed by atoms with Gasteiger partial charge >= 0.3 is 18.1 Å². The first-order valence-electron chi connectivity index (χ1n) is 3.78. The predicted molar refractivity (Wildman–Crippen MR) is 40.5 cm³/mol. The summed E-state index contributed by atoms with van der Waals surface area (Å²) in [5.41, 5.74) is 0. The Balaban J connectivity index is 4.68. The van der Waals surface area contributed by atoms with Crippen molar-refractivity contribution in [3.63, 3.8) is 0 Å². The molecule has 0 aromatic rings. The van der Waals surface area contributed by atoms with Crippen LogP contribution in [0.2, 0.25) is 0 Å². The van der Waals surface area contributed by atoms with Gasteiger partial charge in [-0.15, -0.1) is 0 Å². The molecule has 14 heavy (non-hydrogen) atoms. The van der Waals surface area contributed by atoms with Crippen molar-refractivity contribution in [2.24, 2.45) is 0 Å². The fraction of sp³-hybridized carbons (Fsp3) is 0.714. The van der Waals surface area contributed by atoms with Gasteiger partial charge in [0.1, 0.15) is 6.04 Å². The van der Waals surface area contributed by atoms with Crippen LogP contribution < -0.4 is 0 Å². The monoisotopic (exact) mass is 213 g/mol. The zero-order valence-corrected chi connectivity index (χ0v) is 7.63. The molecule has 0 rings (SSSR count). The molecule has 0 heterocycles. The minimum absolute atomic E-state index is 0.0757. The molecule has 0 aromatic carbocycles. The molecule has 0 fully saturated rings. The van der Waals surface area contributed by atoms with E-state index in [2.05, 4.69) is 0 Å². The summed E-state index contributed by atoms with van der Waals surface area (Å²) in [6, 6.07) is -1.44. The minimum Gasteiger partial charge on any atom is -0.480 e. The molecule has 0 aliphatic carbocycles. The first-order chi connectivity index (χ1) is 6.21. The van der Waals surface area contributed by atoms with Gasteiger partial charge in [-0.2, -0.15) is 13.2 Å². The van der Waals surface area contributed by atoms with Gasteiger partial charge in [-0.1, -0.05) is 6.92 Å². The topological polar surface area (TPSA) is 57.6 Å². The van der Waals surface area contributed by atoms with Crippen LogP contribution in [-0.4, -0.2) is 41.1 Å². The number of likely N-dealkylation sites (N-methyl/N-ethyl adjacent to an activating group) is 1. The number of aliphatic carboxylic acids is 1. The van der Waals surface area contributed by atoms with Gasteiger partial charge in [0, 0.05) is 7.05 Å². The van der Waals surface area contributed by atoms with Crippen LogP contribution in [0.3, 0.4) is 0 Å². The SMILES string of the molecule is CC[C@@H](C(=O)O)N(C)C(=O)C(F)(F)F. The van der Waals surface area contributed by atoms with Gasteiger partial charge in [0.2, 0.25) is 0 Å². The lowest BCUT2D eigenvalue weighted by Gasteiger charge is -2.24. The molecule has 1 amide bonds. The third kappa shape index (κ3) is 2.90. The highest BCUT2D eigenvalue weighted by Crippen LogP contribution is 2.19. The summed E-state index contributed by atoms with van der Waals surface area (Å²) in [7, 11) is 0.818. The summed E-state index contributed by atoms with van der Waals surface area (Å²) in [5.74, 6) is -3.60. The summed E-state index contributed by atoms with van der Waals surface area (Å²) in [5, 5.41) is 8.50. The summed E-state index contributed by atoms with van der Waals surface area (Å²) in [6.45, 7) is 1.39. The van der Waals surface area contributed by atoms with E-state index < -0.39 is 24.1 Å². The lowest BCUT2D eigenvalue weighted by Crippen LogP contribution is -2.47. The number of halogens is 3. The standard InChI is InChI=1S/C7H10F3NO3/c1-3-4(5(12)13)11(2)6(14)7(8,9)10/h4H,3H2,1-2H3,(H,12,13)/t4-/m0/s1. The number of rotatable bonds is 3. The second kappa shape index (κ2) is 4.30. The fourth-order valence-electron chi connectivity index (χ4n) is 0.956. The maximum absolute atomic E-state index is 11.9. The lowest BCUT2D eigenvalue weighted by atomic mass is 10.2. The van der Waals surface area contributed by atoms with Gasteiger partial charge < -0.3 is 10.0 Å². The van der Waals surface area contributed by atoms with E-state index in [4.69, 9.17) is 5.11 Å². The summed E-state index contributed by atoms with van der Waals surface area (Å²) in [4.78, 5) is 21.2. The number of carbonyl (C=O) groups is 2. The van der Waals surface area contributed by atoms with Crippen LogP contribution in [-0.2, 0) is 9.59 Å². The molecule has 0 saturated heterocycles. The zero-order valence-electron chi connectivity index (χ0n) is 7.63. The van der Waals surface area contributed by atoms with Crippen LogP contribution in [0.25, 0.3) is 0 Å². The molecule has 0 unspecified atom stereocenters. The molecule has 4 nitrogen and oxygen atoms in total. The van der Waals surface area contributed by atoms with Crippen molar-refractivity contribution >= 4 is 11.9 Å². The molecular formula is C7H10F3NO3. The Morgan fingerprint density at radius 2 is 1.86 bits per heavy atom. The van der Waals surface area contributed by atoms with E-state index in [1.165, 1.54) is 6.92 Å². The second-order valence-corrected chi connectivity index (χ2v) is 2.68. The molecule has 0 bridgehead atoms. The predicted octanol–water partition coefficient (Wildman–Crippen LogP) is 0.870. The van der Waals surface area contributed by atoms with Gasteiger partial charge in [-0.3, -0.25) is 4.79 Å². The number of amides is 1. The Morgan fingerprint density at radius 3 is 2.07 bits per heavy atom. The number of carbonyl (C=O) groups excluding carboxylic acids is 1. The van der Waals surface area contributed by atoms with Crippen LogP contribution in [0.4, 0.5) is 13.2 Å². The number of hydrogen-bond donors (Lipinski definition) is 1. The van der Waals surface area contributed by atoms with E-state index in [0.717, 1.165) is 7.05 Å². The molecule has 0 saturated carbocycles. The van der Waals surface area contributed by atoms with E-state index >= 15 is 0 Å².